The summed E-state index contributed by atoms with van der Waals surface area (Å²) >= 11 is 0. The quantitative estimate of drug-likeness (QED) is 0.548. The van der Waals surface area contributed by atoms with E-state index >= 15 is 0 Å². The van der Waals surface area contributed by atoms with Crippen LogP contribution in [0.3, 0.4) is 0 Å². The molecule has 0 heterocycles. The van der Waals surface area contributed by atoms with Gasteiger partial charge in [-0.2, -0.15) is 0 Å². The maximum atomic E-state index is 9.54. The molecule has 2 aliphatic carbocycles. The second kappa shape index (κ2) is 5.68. The van der Waals surface area contributed by atoms with Crippen molar-refractivity contribution < 1.29 is 14.6 Å². The first-order chi connectivity index (χ1) is 6.72. The lowest BCUT2D eigenvalue weighted by Crippen LogP contribution is -1.99. The lowest BCUT2D eigenvalue weighted by atomic mass is 10.1. The van der Waals surface area contributed by atoms with Crippen molar-refractivity contribution >= 4 is 6.16 Å². The molecule has 3 heteroatoms. The fourth-order valence-corrected chi connectivity index (χ4v) is 1.91. The van der Waals surface area contributed by atoms with Gasteiger partial charge < -0.3 is 9.84 Å². The second-order valence-corrected chi connectivity index (χ2v) is 3.83. The topological polar surface area (TPSA) is 46.5 Å². The summed E-state index contributed by atoms with van der Waals surface area (Å²) in [6.45, 7) is 2.15. The monoisotopic (exact) mass is 198 g/mol. The van der Waals surface area contributed by atoms with Crippen molar-refractivity contribution in [3.05, 3.63) is 12.2 Å². The van der Waals surface area contributed by atoms with Crippen molar-refractivity contribution in [1.29, 1.82) is 0 Å². The first kappa shape index (κ1) is 11.1. The van der Waals surface area contributed by atoms with Crippen molar-refractivity contribution in [2.45, 2.75) is 32.6 Å². The number of hydrogen-bond acceptors (Lipinski definition) is 2. The van der Waals surface area contributed by atoms with Crippen LogP contribution in [0.4, 0.5) is 4.79 Å². The first-order valence-corrected chi connectivity index (χ1v) is 5.26. The minimum absolute atomic E-state index is 0.301. The van der Waals surface area contributed by atoms with Gasteiger partial charge in [0.2, 0.25) is 0 Å². The summed E-state index contributed by atoms with van der Waals surface area (Å²) in [7, 11) is 0. The molecule has 0 aromatic carbocycles. The third-order valence-corrected chi connectivity index (χ3v) is 2.60. The van der Waals surface area contributed by atoms with Gasteiger partial charge in [-0.3, -0.25) is 0 Å². The molecule has 0 aromatic heterocycles. The molecular formula is C11H18O3. The summed E-state index contributed by atoms with van der Waals surface area (Å²) in [6.07, 6.45) is 8.73. The van der Waals surface area contributed by atoms with Gasteiger partial charge in [0.1, 0.15) is 0 Å². The van der Waals surface area contributed by atoms with Crippen LogP contribution in [0.25, 0.3) is 0 Å². The minimum atomic E-state index is -1.19. The van der Waals surface area contributed by atoms with Crippen LogP contribution in [0.2, 0.25) is 0 Å². The Morgan fingerprint density at radius 3 is 2.14 bits per heavy atom. The molecule has 2 unspecified atom stereocenters. The van der Waals surface area contributed by atoms with Gasteiger partial charge in [0.05, 0.1) is 6.61 Å². The largest absolute Gasteiger partial charge is 0.505 e. The molecule has 2 atom stereocenters. The minimum Gasteiger partial charge on any atom is -0.450 e. The van der Waals surface area contributed by atoms with Crippen molar-refractivity contribution in [1.82, 2.24) is 0 Å². The molecule has 0 radical (unpaired) electrons. The Morgan fingerprint density at radius 1 is 1.43 bits per heavy atom. The Labute approximate surface area is 84.8 Å². The third kappa shape index (κ3) is 3.81. The van der Waals surface area contributed by atoms with Crippen molar-refractivity contribution in [2.75, 3.05) is 6.61 Å². The summed E-state index contributed by atoms with van der Waals surface area (Å²) in [5.41, 5.74) is 0. The Kier molecular flexibility index (Phi) is 4.50. The molecular weight excluding hydrogens is 180 g/mol. The van der Waals surface area contributed by atoms with E-state index in [1.165, 1.54) is 19.3 Å². The van der Waals surface area contributed by atoms with E-state index in [1.807, 2.05) is 6.92 Å². The molecule has 0 aliphatic heterocycles. The molecule has 1 fully saturated rings. The number of allylic oxidation sites excluding steroid dienone is 2. The average molecular weight is 198 g/mol. The fourth-order valence-electron chi connectivity index (χ4n) is 1.91. The van der Waals surface area contributed by atoms with Crippen molar-refractivity contribution in [3.8, 4) is 0 Å². The van der Waals surface area contributed by atoms with E-state index in [4.69, 9.17) is 5.11 Å². The van der Waals surface area contributed by atoms with Gasteiger partial charge in [0, 0.05) is 0 Å². The molecule has 0 saturated heterocycles. The number of carbonyl (C=O) groups is 1. The SMILES string of the molecule is C1=CC2CCC1C2.CCCOC(=O)O. The van der Waals surface area contributed by atoms with Crippen LogP contribution in [-0.4, -0.2) is 17.9 Å². The van der Waals surface area contributed by atoms with Crippen LogP contribution >= 0.6 is 0 Å². The maximum Gasteiger partial charge on any atom is 0.505 e. The van der Waals surface area contributed by atoms with E-state index in [0.717, 1.165) is 18.3 Å². The highest BCUT2D eigenvalue weighted by Crippen LogP contribution is 2.38. The van der Waals surface area contributed by atoms with Gasteiger partial charge in [0.25, 0.3) is 0 Å². The predicted octanol–water partition coefficient (Wildman–Crippen LogP) is 3.06. The number of carboxylic acid groups (broad SMARTS) is 1. The lowest BCUT2D eigenvalue weighted by molar-refractivity contribution is 0.0918. The number of rotatable bonds is 2. The maximum absolute atomic E-state index is 9.54. The molecule has 2 rings (SSSR count). The van der Waals surface area contributed by atoms with E-state index in [9.17, 15) is 4.79 Å². The highest BCUT2D eigenvalue weighted by atomic mass is 16.7. The van der Waals surface area contributed by atoms with Gasteiger partial charge in [-0.1, -0.05) is 19.1 Å². The van der Waals surface area contributed by atoms with Crippen molar-refractivity contribution in [2.24, 2.45) is 11.8 Å². The second-order valence-electron chi connectivity index (χ2n) is 3.83. The summed E-state index contributed by atoms with van der Waals surface area (Å²) in [6, 6.07) is 0. The normalized spacial score (nSPS) is 26.9. The molecule has 0 aromatic rings. The molecule has 0 amide bonds. The Hall–Kier alpha value is -0.990. The summed E-state index contributed by atoms with van der Waals surface area (Å²) in [4.78, 5) is 9.54. The zero-order valence-electron chi connectivity index (χ0n) is 8.61. The molecule has 2 aliphatic rings. The number of fused-ring (bicyclic) bond motifs is 2. The van der Waals surface area contributed by atoms with Crippen LogP contribution in [0, 0.1) is 11.8 Å². The van der Waals surface area contributed by atoms with Crippen LogP contribution in [-0.2, 0) is 4.74 Å². The van der Waals surface area contributed by atoms with Gasteiger partial charge >= 0.3 is 6.16 Å². The van der Waals surface area contributed by atoms with Gasteiger partial charge in [-0.05, 0) is 37.5 Å². The molecule has 1 saturated carbocycles. The Bertz CT molecular complexity index is 199. The van der Waals surface area contributed by atoms with E-state index < -0.39 is 6.16 Å². The zero-order chi connectivity index (χ0) is 10.4. The van der Waals surface area contributed by atoms with E-state index in [1.54, 1.807) is 0 Å². The fraction of sp³-hybridized carbons (Fsp3) is 0.727. The van der Waals surface area contributed by atoms with Crippen LogP contribution < -0.4 is 0 Å². The summed E-state index contributed by atoms with van der Waals surface area (Å²) < 4.78 is 4.11. The van der Waals surface area contributed by atoms with E-state index in [0.29, 0.717) is 6.61 Å². The summed E-state index contributed by atoms with van der Waals surface area (Å²) in [5, 5.41) is 7.82. The van der Waals surface area contributed by atoms with E-state index in [2.05, 4.69) is 16.9 Å². The van der Waals surface area contributed by atoms with Crippen LogP contribution in [0.1, 0.15) is 32.6 Å². The number of ether oxygens (including phenoxy) is 1. The van der Waals surface area contributed by atoms with E-state index in [-0.39, 0.29) is 0 Å². The zero-order valence-corrected chi connectivity index (χ0v) is 8.61. The average Bonchev–Trinajstić information content (AvgIpc) is 2.79. The molecule has 80 valence electrons. The van der Waals surface area contributed by atoms with Crippen LogP contribution in [0.5, 0.6) is 0 Å². The van der Waals surface area contributed by atoms with Crippen LogP contribution in [0.15, 0.2) is 12.2 Å². The van der Waals surface area contributed by atoms with Gasteiger partial charge in [-0.15, -0.1) is 0 Å². The molecule has 2 bridgehead atoms. The highest BCUT2D eigenvalue weighted by molar-refractivity contribution is 5.56. The number of hydrogen-bond donors (Lipinski definition) is 1. The Morgan fingerprint density at radius 2 is 2.00 bits per heavy atom. The molecule has 0 spiro atoms. The van der Waals surface area contributed by atoms with Gasteiger partial charge in [0.15, 0.2) is 0 Å². The molecule has 14 heavy (non-hydrogen) atoms. The van der Waals surface area contributed by atoms with Crippen molar-refractivity contribution in [3.63, 3.8) is 0 Å². The standard InChI is InChI=1S/C7H10.C4H8O3/c1-2-7-4-3-6(1)5-7;1-2-3-7-4(5)6/h1-2,6-7H,3-5H2;2-3H2,1H3,(H,5,6). The van der Waals surface area contributed by atoms with Gasteiger partial charge in [-0.25, -0.2) is 4.79 Å². The molecule has 1 N–H and O–H groups in total. The lowest BCUT2D eigenvalue weighted by Gasteiger charge is -1.96. The highest BCUT2D eigenvalue weighted by Gasteiger charge is 2.25. The first-order valence-electron chi connectivity index (χ1n) is 5.26. The molecule has 3 nitrogen and oxygen atoms in total. The predicted molar refractivity (Wildman–Crippen MR) is 54.2 cm³/mol. The summed E-state index contributed by atoms with van der Waals surface area (Å²) in [5.74, 6) is 1.98. The Balaban J connectivity index is 0.000000140. The third-order valence-electron chi connectivity index (χ3n) is 2.60. The smallest absolute Gasteiger partial charge is 0.450 e.